The normalized spacial score (nSPS) is 7.60. The van der Waals surface area contributed by atoms with Gasteiger partial charge in [0.1, 0.15) is 0 Å². The highest BCUT2D eigenvalue weighted by Gasteiger charge is 1.72. The summed E-state index contributed by atoms with van der Waals surface area (Å²) in [4.78, 5) is 0. The molecule has 0 aliphatic carbocycles. The van der Waals surface area contributed by atoms with Crippen molar-refractivity contribution in [2.75, 3.05) is 0 Å². The van der Waals surface area contributed by atoms with Crippen LogP contribution >= 0.6 is 0 Å². The van der Waals surface area contributed by atoms with Gasteiger partial charge in [-0.2, -0.15) is 0 Å². The summed E-state index contributed by atoms with van der Waals surface area (Å²) in [6.45, 7) is 6.81. The molecule has 0 spiro atoms. The fourth-order valence-corrected chi connectivity index (χ4v) is 0. The highest BCUT2D eigenvalue weighted by atomic mass is 16.3. The maximum Gasteiger partial charge on any atom is 0.156 e. The van der Waals surface area contributed by atoms with Gasteiger partial charge in [-0.25, -0.2) is 0 Å². The Labute approximate surface area is 31.9 Å². The lowest BCUT2D eigenvalue weighted by molar-refractivity contribution is 0.412. The van der Waals surface area contributed by atoms with Crippen LogP contribution in [0.25, 0.3) is 0 Å². The van der Waals surface area contributed by atoms with Crippen LogP contribution < -0.4 is 0 Å². The van der Waals surface area contributed by atoms with Crippen LogP contribution in [0.4, 0.5) is 0 Å². The second-order valence-electron chi connectivity index (χ2n) is 0.892. The van der Waals surface area contributed by atoms with Crippen molar-refractivity contribution >= 4 is 0 Å². The monoisotopic (exact) mass is 70.0 g/mol. The summed E-state index contributed by atoms with van der Waals surface area (Å²) in [6, 6.07) is 0. The zero-order chi connectivity index (χ0) is 4.28. The Hall–Kier alpha value is -0.300. The van der Waals surface area contributed by atoms with Crippen LogP contribution in [-0.4, -0.2) is 5.11 Å². The summed E-state index contributed by atoms with van der Waals surface area (Å²) >= 11 is 0. The molecule has 5 heavy (non-hydrogen) atoms. The highest BCUT2D eigenvalue weighted by molar-refractivity contribution is 4.95. The topological polar surface area (TPSA) is 20.2 Å². The second-order valence-corrected chi connectivity index (χ2v) is 0.892. The minimum atomic E-state index is 0.560. The summed E-state index contributed by atoms with van der Waals surface area (Å²) in [5.41, 5.74) is 0.560. The maximum atomic E-state index is 7.79. The molecule has 0 aromatic carbocycles. The largest absolute Gasteiger partial charge is 0.378 e. The molecule has 0 aliphatic heterocycles. The molecule has 0 rings (SSSR count). The lowest BCUT2D eigenvalue weighted by Gasteiger charge is -1.76. The van der Waals surface area contributed by atoms with Crippen molar-refractivity contribution in [3.05, 3.63) is 18.8 Å². The summed E-state index contributed by atoms with van der Waals surface area (Å²) in [7, 11) is 0. The molecule has 0 unspecified atom stereocenters. The predicted octanol–water partition coefficient (Wildman–Crippen LogP) is 0.974. The molecule has 28 valence electrons. The molecule has 2 radical (unpaired) electrons. The van der Waals surface area contributed by atoms with E-state index in [0.717, 1.165) is 0 Å². The van der Waals surface area contributed by atoms with Crippen LogP contribution in [0.15, 0.2) is 12.2 Å². The molecule has 0 saturated heterocycles. The molecule has 0 atom stereocenters. The average molecular weight is 70.1 g/mol. The van der Waals surface area contributed by atoms with Gasteiger partial charge in [0.15, 0.2) is 6.61 Å². The lowest BCUT2D eigenvalue weighted by Crippen LogP contribution is -1.66. The molecule has 0 aliphatic rings. The number of rotatable bonds is 1. The van der Waals surface area contributed by atoms with Gasteiger partial charge in [-0.3, -0.25) is 0 Å². The van der Waals surface area contributed by atoms with E-state index in [1.807, 2.05) is 6.61 Å². The number of hydrogen-bond donors (Lipinski definition) is 1. The summed E-state index contributed by atoms with van der Waals surface area (Å²) in [6.07, 6.45) is 0. The van der Waals surface area contributed by atoms with Gasteiger partial charge < -0.3 is 5.11 Å². The quantitative estimate of drug-likeness (QED) is 0.487. The van der Waals surface area contributed by atoms with Crippen molar-refractivity contribution < 1.29 is 5.11 Å². The van der Waals surface area contributed by atoms with Crippen LogP contribution in [0.5, 0.6) is 0 Å². The summed E-state index contributed by atoms with van der Waals surface area (Å²) in [5.74, 6) is 0. The lowest BCUT2D eigenvalue weighted by atomic mass is 10.4. The molecule has 1 heteroatoms. The summed E-state index contributed by atoms with van der Waals surface area (Å²) in [5, 5.41) is 7.79. The minimum absolute atomic E-state index is 0.560. The van der Waals surface area contributed by atoms with Crippen molar-refractivity contribution in [1.29, 1.82) is 0 Å². The first-order chi connectivity index (χ1) is 2.27. The van der Waals surface area contributed by atoms with Gasteiger partial charge in [0, 0.05) is 0 Å². The molecule has 0 bridgehead atoms. The van der Waals surface area contributed by atoms with Crippen LogP contribution in [0.1, 0.15) is 6.92 Å². The van der Waals surface area contributed by atoms with Gasteiger partial charge in [-0.05, 0) is 12.5 Å². The Morgan fingerprint density at radius 3 is 2.20 bits per heavy atom. The van der Waals surface area contributed by atoms with E-state index in [2.05, 4.69) is 6.58 Å². The van der Waals surface area contributed by atoms with Crippen molar-refractivity contribution in [1.82, 2.24) is 0 Å². The van der Waals surface area contributed by atoms with Gasteiger partial charge in [-0.1, -0.05) is 6.58 Å². The SMILES string of the molecule is C=C(C)[C]O. The Balaban J connectivity index is 2.85. The van der Waals surface area contributed by atoms with Crippen LogP contribution in [0.2, 0.25) is 0 Å². The van der Waals surface area contributed by atoms with Crippen molar-refractivity contribution in [2.45, 2.75) is 6.92 Å². The molecule has 0 fully saturated rings. The van der Waals surface area contributed by atoms with Crippen LogP contribution in [0.3, 0.4) is 0 Å². The Morgan fingerprint density at radius 2 is 2.20 bits per heavy atom. The van der Waals surface area contributed by atoms with E-state index >= 15 is 0 Å². The number of hydrogen-bond acceptors (Lipinski definition) is 1. The Morgan fingerprint density at radius 1 is 2.00 bits per heavy atom. The number of aliphatic hydroxyl groups is 1. The first-order valence-electron chi connectivity index (χ1n) is 1.33. The van der Waals surface area contributed by atoms with E-state index < -0.39 is 0 Å². The van der Waals surface area contributed by atoms with E-state index in [1.54, 1.807) is 6.92 Å². The van der Waals surface area contributed by atoms with Gasteiger partial charge in [0.05, 0.1) is 0 Å². The van der Waals surface area contributed by atoms with Gasteiger partial charge in [-0.15, -0.1) is 0 Å². The molecule has 0 heterocycles. The van der Waals surface area contributed by atoms with Crippen molar-refractivity contribution in [2.24, 2.45) is 0 Å². The number of aliphatic hydroxyl groups excluding tert-OH is 1. The zero-order valence-electron chi connectivity index (χ0n) is 3.15. The Kier molecular flexibility index (Phi) is 1.85. The second kappa shape index (κ2) is 1.97. The van der Waals surface area contributed by atoms with E-state index in [0.29, 0.717) is 5.57 Å². The molecule has 1 nitrogen and oxygen atoms in total. The highest BCUT2D eigenvalue weighted by Crippen LogP contribution is 1.83. The molecule has 0 saturated carbocycles. The van der Waals surface area contributed by atoms with Gasteiger partial charge in [0.25, 0.3) is 0 Å². The third-order valence-corrected chi connectivity index (χ3v) is 0.191. The van der Waals surface area contributed by atoms with E-state index in [4.69, 9.17) is 5.11 Å². The van der Waals surface area contributed by atoms with Crippen LogP contribution in [-0.2, 0) is 0 Å². The fourth-order valence-electron chi connectivity index (χ4n) is 0. The first-order valence-corrected chi connectivity index (χ1v) is 1.33. The van der Waals surface area contributed by atoms with Gasteiger partial charge >= 0.3 is 0 Å². The summed E-state index contributed by atoms with van der Waals surface area (Å²) < 4.78 is 0. The molecule has 0 aromatic heterocycles. The fraction of sp³-hybridized carbons (Fsp3) is 0.250. The first kappa shape index (κ1) is 4.70. The Bertz CT molecular complexity index is 38.9. The van der Waals surface area contributed by atoms with Crippen LogP contribution in [0, 0.1) is 6.61 Å². The maximum absolute atomic E-state index is 7.79. The smallest absolute Gasteiger partial charge is 0.156 e. The minimum Gasteiger partial charge on any atom is -0.378 e. The predicted molar refractivity (Wildman–Crippen MR) is 20.0 cm³/mol. The van der Waals surface area contributed by atoms with E-state index in [1.165, 1.54) is 0 Å². The van der Waals surface area contributed by atoms with Gasteiger partial charge in [0.2, 0.25) is 0 Å². The standard InChI is InChI=1S/C4H6O/c1-4(2)3-5/h5H,1H2,2H3. The molecular weight excluding hydrogens is 64.0 g/mol. The van der Waals surface area contributed by atoms with Crippen molar-refractivity contribution in [3.63, 3.8) is 0 Å². The molecule has 1 N–H and O–H groups in total. The van der Waals surface area contributed by atoms with E-state index in [-0.39, 0.29) is 0 Å². The molecular formula is C4H6O. The molecule has 0 aromatic rings. The third-order valence-electron chi connectivity index (χ3n) is 0.191. The van der Waals surface area contributed by atoms with E-state index in [9.17, 15) is 0 Å². The average Bonchev–Trinajstić information content (AvgIpc) is 1.38. The molecule has 0 amide bonds. The zero-order valence-corrected chi connectivity index (χ0v) is 3.15. The van der Waals surface area contributed by atoms with Crippen molar-refractivity contribution in [3.8, 4) is 0 Å². The third kappa shape index (κ3) is 3.70.